The lowest BCUT2D eigenvalue weighted by Gasteiger charge is -2.40. The molecule has 2 aliphatic heterocycles. The summed E-state index contributed by atoms with van der Waals surface area (Å²) in [5.74, 6) is -0.122. The highest BCUT2D eigenvalue weighted by atomic mass is 19.4. The van der Waals surface area contributed by atoms with Crippen LogP contribution in [-0.4, -0.2) is 48.6 Å². The second-order valence-electron chi connectivity index (χ2n) is 10.7. The third-order valence-corrected chi connectivity index (χ3v) is 8.12. The summed E-state index contributed by atoms with van der Waals surface area (Å²) in [5.41, 5.74) is 0.242. The van der Waals surface area contributed by atoms with E-state index in [1.54, 1.807) is 4.90 Å². The summed E-state index contributed by atoms with van der Waals surface area (Å²) in [6, 6.07) is 2.87. The Morgan fingerprint density at radius 3 is 2.51 bits per heavy atom. The van der Waals surface area contributed by atoms with Crippen LogP contribution in [0.25, 0.3) is 0 Å². The molecule has 3 aliphatic rings. The number of nitrogens with zero attached hydrogens (tertiary/aromatic N) is 1. The maximum Gasteiger partial charge on any atom is 0.416 e. The number of hydrogen-bond acceptors (Lipinski definition) is 4. The van der Waals surface area contributed by atoms with Crippen molar-refractivity contribution in [2.24, 2.45) is 11.3 Å². The van der Waals surface area contributed by atoms with Crippen LogP contribution in [0.3, 0.4) is 0 Å². The Bertz CT molecular complexity index is 959. The quantitative estimate of drug-likeness (QED) is 0.614. The van der Waals surface area contributed by atoms with Crippen LogP contribution in [0, 0.1) is 11.3 Å². The Morgan fingerprint density at radius 1 is 1.17 bits per heavy atom. The van der Waals surface area contributed by atoms with Gasteiger partial charge in [-0.25, -0.2) is 4.79 Å². The second kappa shape index (κ2) is 10.2. The highest BCUT2D eigenvalue weighted by Crippen LogP contribution is 2.47. The fourth-order valence-corrected chi connectivity index (χ4v) is 6.11. The van der Waals surface area contributed by atoms with E-state index in [-0.39, 0.29) is 30.3 Å². The molecule has 35 heavy (non-hydrogen) atoms. The number of primary amides is 1. The number of hydrogen-bond donors (Lipinski definition) is 2. The zero-order chi connectivity index (χ0) is 25.4. The number of nitrogens with one attached hydrogen (secondary N) is 1. The Labute approximate surface area is 205 Å². The molecule has 1 saturated carbocycles. The van der Waals surface area contributed by atoms with E-state index in [4.69, 9.17) is 4.74 Å². The van der Waals surface area contributed by atoms with Crippen molar-refractivity contribution in [3.8, 4) is 0 Å². The molecule has 194 valence electrons. The number of rotatable bonds is 5. The summed E-state index contributed by atoms with van der Waals surface area (Å²) < 4.78 is 46.2. The standard InChI is InChI=1S/C26H36F3N3O3/c1-16(2)25(8-4-21(14-25)31-20-6-10-35-11-7-20)24(34)32-9-5-22-18(15-32)12-19(26(27,28)29)13-23(22)30-17(3)33/h12-13,16,20-21,31H,4-11,14-15H2,1-3H3,(H,30,33)/p+1. The average molecular weight is 497 g/mol. The average Bonchev–Trinajstić information content (AvgIpc) is 3.23. The lowest BCUT2D eigenvalue weighted by molar-refractivity contribution is -0.482. The van der Waals surface area contributed by atoms with Gasteiger partial charge in [-0.1, -0.05) is 13.8 Å². The van der Waals surface area contributed by atoms with Crippen molar-refractivity contribution in [1.82, 2.24) is 10.2 Å². The summed E-state index contributed by atoms with van der Waals surface area (Å²) in [6.07, 6.45) is 0.314. The van der Waals surface area contributed by atoms with Gasteiger partial charge in [0.2, 0.25) is 5.91 Å². The molecule has 2 heterocycles. The van der Waals surface area contributed by atoms with Gasteiger partial charge >= 0.3 is 12.1 Å². The van der Waals surface area contributed by atoms with Crippen LogP contribution in [0.15, 0.2) is 12.1 Å². The molecule has 2 unspecified atom stereocenters. The van der Waals surface area contributed by atoms with Gasteiger partial charge in [0.25, 0.3) is 0 Å². The van der Waals surface area contributed by atoms with Gasteiger partial charge in [-0.15, -0.1) is 0 Å². The predicted molar refractivity (Wildman–Crippen MR) is 125 cm³/mol. The van der Waals surface area contributed by atoms with E-state index < -0.39 is 17.2 Å². The Morgan fingerprint density at radius 2 is 1.89 bits per heavy atom. The molecule has 1 aromatic rings. The largest absolute Gasteiger partial charge is 0.416 e. The smallest absolute Gasteiger partial charge is 0.381 e. The molecule has 2 fully saturated rings. The summed E-state index contributed by atoms with van der Waals surface area (Å²) in [5, 5.41) is 5.01. The predicted octanol–water partition coefficient (Wildman–Crippen LogP) is 3.30. The van der Waals surface area contributed by atoms with Crippen LogP contribution in [0.2, 0.25) is 0 Å². The molecule has 0 spiro atoms. The summed E-state index contributed by atoms with van der Waals surface area (Å²) in [7, 11) is 0. The molecule has 0 bridgehead atoms. The first-order valence-corrected chi connectivity index (χ1v) is 12.7. The highest BCUT2D eigenvalue weighted by Gasteiger charge is 2.50. The van der Waals surface area contributed by atoms with Gasteiger partial charge < -0.3 is 15.0 Å². The third kappa shape index (κ3) is 5.57. The number of carbonyl (C=O) groups excluding carboxylic acids is 2. The zero-order valence-electron chi connectivity index (χ0n) is 20.8. The molecule has 1 aliphatic carbocycles. The van der Waals surface area contributed by atoms with E-state index in [0.29, 0.717) is 30.3 Å². The van der Waals surface area contributed by atoms with E-state index in [1.807, 2.05) is 0 Å². The zero-order valence-corrected chi connectivity index (χ0v) is 20.8. The van der Waals surface area contributed by atoms with Crippen molar-refractivity contribution in [2.45, 2.75) is 84.1 Å². The number of alkyl halides is 3. The molecule has 6 nitrogen and oxygen atoms in total. The first-order chi connectivity index (χ1) is 16.5. The van der Waals surface area contributed by atoms with Gasteiger partial charge in [-0.3, -0.25) is 10.1 Å². The van der Waals surface area contributed by atoms with E-state index >= 15 is 0 Å². The van der Waals surface area contributed by atoms with Crippen molar-refractivity contribution in [2.75, 3.05) is 19.8 Å². The van der Waals surface area contributed by atoms with E-state index in [0.717, 1.165) is 63.0 Å². The van der Waals surface area contributed by atoms with Gasteiger partial charge in [0.15, 0.2) is 0 Å². The number of quaternary nitrogens is 1. The first kappa shape index (κ1) is 26.1. The van der Waals surface area contributed by atoms with Gasteiger partial charge in [0.05, 0.1) is 17.9 Å². The molecular formula is C26H37F3N3O3+. The molecule has 2 atom stereocenters. The van der Waals surface area contributed by atoms with Gasteiger partial charge in [0, 0.05) is 50.0 Å². The molecule has 1 saturated heterocycles. The van der Waals surface area contributed by atoms with Gasteiger partial charge in [-0.05, 0) is 56.1 Å². The maximum absolute atomic E-state index is 13.9. The van der Waals surface area contributed by atoms with E-state index in [2.05, 4.69) is 19.2 Å². The van der Waals surface area contributed by atoms with Crippen molar-refractivity contribution in [1.29, 1.82) is 0 Å². The fourth-order valence-electron chi connectivity index (χ4n) is 6.11. The summed E-state index contributed by atoms with van der Waals surface area (Å²) >= 11 is 0. The second-order valence-corrected chi connectivity index (χ2v) is 10.7. The number of nitrogens with two attached hydrogens (primary N) is 1. The van der Waals surface area contributed by atoms with Crippen LogP contribution >= 0.6 is 0 Å². The molecule has 3 N–H and O–H groups in total. The Hall–Kier alpha value is -1.97. The molecule has 4 rings (SSSR count). The number of halogens is 3. The molecule has 0 aromatic heterocycles. The van der Waals surface area contributed by atoms with Gasteiger partial charge in [0.1, 0.15) is 5.69 Å². The number of ether oxygens (including phenoxy) is 1. The lowest BCUT2D eigenvalue weighted by Crippen LogP contribution is -2.81. The third-order valence-electron chi connectivity index (χ3n) is 8.12. The van der Waals surface area contributed by atoms with E-state index in [1.165, 1.54) is 12.2 Å². The summed E-state index contributed by atoms with van der Waals surface area (Å²) in [6.45, 7) is 7.60. The SMILES string of the molecule is CC(=O)[NH2+]c1cc(C(F)(F)F)cc2c1CCN(C(=O)C1(C(C)C)CCC(NC3CCOCC3)C1)C2. The number of carbonyl (C=O) groups is 2. The highest BCUT2D eigenvalue weighted by molar-refractivity contribution is 5.84. The van der Waals surface area contributed by atoms with Crippen molar-refractivity contribution >= 4 is 17.5 Å². The van der Waals surface area contributed by atoms with Crippen LogP contribution < -0.4 is 10.6 Å². The van der Waals surface area contributed by atoms with Crippen LogP contribution in [-0.2, 0) is 33.5 Å². The number of amides is 2. The van der Waals surface area contributed by atoms with Crippen molar-refractivity contribution in [3.05, 3.63) is 28.8 Å². The normalized spacial score (nSPS) is 25.7. The molecule has 1 aromatic carbocycles. The monoisotopic (exact) mass is 496 g/mol. The topological polar surface area (TPSA) is 75.2 Å². The minimum atomic E-state index is -4.52. The lowest BCUT2D eigenvalue weighted by atomic mass is 9.73. The first-order valence-electron chi connectivity index (χ1n) is 12.7. The number of benzene rings is 1. The van der Waals surface area contributed by atoms with E-state index in [9.17, 15) is 22.8 Å². The van der Waals surface area contributed by atoms with Gasteiger partial charge in [-0.2, -0.15) is 13.2 Å². The minimum absolute atomic E-state index is 0.0453. The van der Waals surface area contributed by atoms with Crippen LogP contribution in [0.5, 0.6) is 0 Å². The minimum Gasteiger partial charge on any atom is -0.381 e. The summed E-state index contributed by atoms with van der Waals surface area (Å²) in [4.78, 5) is 27.4. The Kier molecular flexibility index (Phi) is 7.60. The molecule has 9 heteroatoms. The van der Waals surface area contributed by atoms with Crippen molar-refractivity contribution < 1.29 is 32.8 Å². The number of fused-ring (bicyclic) bond motifs is 1. The Balaban J connectivity index is 1.55. The molecule has 0 radical (unpaired) electrons. The fraction of sp³-hybridized carbons (Fsp3) is 0.692. The maximum atomic E-state index is 13.9. The molecular weight excluding hydrogens is 459 g/mol. The van der Waals surface area contributed by atoms with Crippen LogP contribution in [0.4, 0.5) is 18.9 Å². The van der Waals surface area contributed by atoms with Crippen LogP contribution in [0.1, 0.15) is 69.6 Å². The molecule has 2 amide bonds. The van der Waals surface area contributed by atoms with Crippen molar-refractivity contribution in [3.63, 3.8) is 0 Å².